The van der Waals surface area contributed by atoms with Crippen molar-refractivity contribution in [2.75, 3.05) is 6.26 Å². The van der Waals surface area contributed by atoms with Crippen molar-refractivity contribution in [3.63, 3.8) is 0 Å². The molecule has 0 spiro atoms. The van der Waals surface area contributed by atoms with Gasteiger partial charge >= 0.3 is 0 Å². The summed E-state index contributed by atoms with van der Waals surface area (Å²) in [6, 6.07) is 44.6. The van der Waals surface area contributed by atoms with Crippen LogP contribution in [0.4, 0.5) is 0 Å². The number of fused-ring (bicyclic) bond motifs is 2. The van der Waals surface area contributed by atoms with Gasteiger partial charge in [0.1, 0.15) is 0 Å². The topological polar surface area (TPSA) is 0 Å². The molecular formula is C39H30S. The zero-order chi connectivity index (χ0) is 26.9. The van der Waals surface area contributed by atoms with E-state index < -0.39 is 0 Å². The van der Waals surface area contributed by atoms with E-state index in [-0.39, 0.29) is 0 Å². The van der Waals surface area contributed by atoms with E-state index in [4.69, 9.17) is 0 Å². The second-order valence-electron chi connectivity index (χ2n) is 10.4. The first-order valence-electron chi connectivity index (χ1n) is 14.0. The van der Waals surface area contributed by atoms with E-state index in [9.17, 15) is 0 Å². The zero-order valence-electron chi connectivity index (χ0n) is 22.6. The molecule has 0 N–H and O–H groups in total. The Labute approximate surface area is 240 Å². The maximum Gasteiger partial charge on any atom is 0.0145 e. The highest BCUT2D eigenvalue weighted by atomic mass is 32.2. The molecule has 0 bridgehead atoms. The molecule has 0 fully saturated rings. The molecule has 7 rings (SSSR count). The zero-order valence-corrected chi connectivity index (χ0v) is 23.4. The molecule has 0 aliphatic heterocycles. The van der Waals surface area contributed by atoms with E-state index in [0.717, 1.165) is 12.8 Å². The minimum atomic E-state index is 1.09. The van der Waals surface area contributed by atoms with E-state index in [1.165, 1.54) is 71.0 Å². The summed E-state index contributed by atoms with van der Waals surface area (Å²) in [7, 11) is 0. The number of allylic oxidation sites excluding steroid dienone is 4. The molecule has 1 aliphatic rings. The molecule has 0 saturated carbocycles. The lowest BCUT2D eigenvalue weighted by atomic mass is 9.85. The summed E-state index contributed by atoms with van der Waals surface area (Å²) in [4.78, 5) is 1.34. The molecular weight excluding hydrogens is 500 g/mol. The lowest BCUT2D eigenvalue weighted by Crippen LogP contribution is -1.94. The molecule has 6 aromatic carbocycles. The smallest absolute Gasteiger partial charge is 0.0145 e. The normalized spacial score (nSPS) is 13.1. The number of thioether (sulfide) groups is 1. The molecule has 192 valence electrons. The van der Waals surface area contributed by atoms with Crippen LogP contribution in [0.2, 0.25) is 0 Å². The summed E-state index contributed by atoms with van der Waals surface area (Å²) < 4.78 is 0. The Kier molecular flexibility index (Phi) is 6.59. The average molecular weight is 531 g/mol. The predicted molar refractivity (Wildman–Crippen MR) is 176 cm³/mol. The standard InChI is InChI=1S/C39H30S/c1-40-37-25-24-31(26-36(37)29-14-6-3-7-15-29)39-34-18-10-8-16-32(34)38(33-17-9-11-19-35(33)39)30-22-20-28(21-23-30)27-12-4-2-5-13-27/h2-6,8-14,16-26H,7,15H2,1H3. The van der Waals surface area contributed by atoms with Crippen LogP contribution in [0, 0.1) is 0 Å². The fourth-order valence-corrected chi connectivity index (χ4v) is 6.77. The summed E-state index contributed by atoms with van der Waals surface area (Å²) in [5, 5.41) is 5.17. The predicted octanol–water partition coefficient (Wildman–Crippen LogP) is 11.4. The first-order valence-corrected chi connectivity index (χ1v) is 15.2. The third kappa shape index (κ3) is 4.37. The van der Waals surface area contributed by atoms with Crippen LogP contribution in [0.5, 0.6) is 0 Å². The Hall–Kier alpha value is -4.33. The molecule has 0 atom stereocenters. The molecule has 0 nitrogen and oxygen atoms in total. The van der Waals surface area contributed by atoms with Crippen molar-refractivity contribution in [1.29, 1.82) is 0 Å². The van der Waals surface area contributed by atoms with Crippen LogP contribution in [-0.4, -0.2) is 6.26 Å². The van der Waals surface area contributed by atoms with Crippen LogP contribution in [0.15, 0.2) is 144 Å². The number of benzene rings is 6. The van der Waals surface area contributed by atoms with Gasteiger partial charge in [0, 0.05) is 4.90 Å². The Morgan fingerprint density at radius 3 is 1.62 bits per heavy atom. The minimum absolute atomic E-state index is 1.09. The summed E-state index contributed by atoms with van der Waals surface area (Å²) in [5.41, 5.74) is 10.4. The molecule has 0 amide bonds. The largest absolute Gasteiger partial charge is 0.129 e. The van der Waals surface area contributed by atoms with Crippen molar-refractivity contribution in [3.05, 3.63) is 145 Å². The van der Waals surface area contributed by atoms with Gasteiger partial charge in [0.05, 0.1) is 0 Å². The first kappa shape index (κ1) is 24.7. The van der Waals surface area contributed by atoms with Gasteiger partial charge in [0.15, 0.2) is 0 Å². The highest BCUT2D eigenvalue weighted by Gasteiger charge is 2.18. The van der Waals surface area contributed by atoms with Gasteiger partial charge in [-0.2, -0.15) is 0 Å². The van der Waals surface area contributed by atoms with Crippen molar-refractivity contribution in [2.45, 2.75) is 17.7 Å². The Morgan fingerprint density at radius 2 is 1.05 bits per heavy atom. The van der Waals surface area contributed by atoms with E-state index in [1.807, 2.05) is 11.8 Å². The van der Waals surface area contributed by atoms with Crippen LogP contribution >= 0.6 is 11.8 Å². The monoisotopic (exact) mass is 530 g/mol. The SMILES string of the molecule is CSc1ccc(-c2c3ccccc3c(-c3ccc(-c4ccccc4)cc3)c3ccccc23)cc1C1=CC=CCC1. The van der Waals surface area contributed by atoms with Gasteiger partial charge in [-0.3, -0.25) is 0 Å². The average Bonchev–Trinajstić information content (AvgIpc) is 3.04. The maximum atomic E-state index is 2.43. The van der Waals surface area contributed by atoms with E-state index in [0.29, 0.717) is 0 Å². The third-order valence-corrected chi connectivity index (χ3v) is 8.86. The molecule has 6 aromatic rings. The molecule has 0 radical (unpaired) electrons. The molecule has 0 heterocycles. The van der Waals surface area contributed by atoms with Crippen LogP contribution in [0.25, 0.3) is 60.5 Å². The van der Waals surface area contributed by atoms with Crippen LogP contribution in [0.1, 0.15) is 18.4 Å². The van der Waals surface area contributed by atoms with Crippen molar-refractivity contribution in [2.24, 2.45) is 0 Å². The number of hydrogen-bond acceptors (Lipinski definition) is 1. The van der Waals surface area contributed by atoms with E-state index >= 15 is 0 Å². The lowest BCUT2D eigenvalue weighted by Gasteiger charge is -2.20. The van der Waals surface area contributed by atoms with E-state index in [2.05, 4.69) is 146 Å². The Bertz CT molecular complexity index is 1850. The molecule has 1 heteroatoms. The van der Waals surface area contributed by atoms with Gasteiger partial charge in [-0.25, -0.2) is 0 Å². The highest BCUT2D eigenvalue weighted by molar-refractivity contribution is 7.98. The highest BCUT2D eigenvalue weighted by Crippen LogP contribution is 2.45. The second kappa shape index (κ2) is 10.7. The Morgan fingerprint density at radius 1 is 0.525 bits per heavy atom. The lowest BCUT2D eigenvalue weighted by molar-refractivity contribution is 1.05. The Balaban J connectivity index is 1.47. The fraction of sp³-hybridized carbons (Fsp3) is 0.0769. The second-order valence-corrected chi connectivity index (χ2v) is 11.2. The van der Waals surface area contributed by atoms with Crippen LogP contribution < -0.4 is 0 Å². The van der Waals surface area contributed by atoms with Crippen molar-refractivity contribution in [3.8, 4) is 33.4 Å². The molecule has 0 saturated heterocycles. The first-order chi connectivity index (χ1) is 19.8. The molecule has 0 aromatic heterocycles. The van der Waals surface area contributed by atoms with Gasteiger partial charge in [-0.1, -0.05) is 127 Å². The van der Waals surface area contributed by atoms with Crippen LogP contribution in [-0.2, 0) is 0 Å². The quantitative estimate of drug-likeness (QED) is 0.158. The van der Waals surface area contributed by atoms with Crippen LogP contribution in [0.3, 0.4) is 0 Å². The number of hydrogen-bond donors (Lipinski definition) is 0. The van der Waals surface area contributed by atoms with Crippen molar-refractivity contribution >= 4 is 38.9 Å². The van der Waals surface area contributed by atoms with Gasteiger partial charge in [0.2, 0.25) is 0 Å². The summed E-state index contributed by atoms with van der Waals surface area (Å²) in [6.07, 6.45) is 11.1. The van der Waals surface area contributed by atoms with Gasteiger partial charge in [0.25, 0.3) is 0 Å². The fourth-order valence-electron chi connectivity index (χ4n) is 6.15. The maximum absolute atomic E-state index is 2.43. The van der Waals surface area contributed by atoms with Gasteiger partial charge in [-0.05, 0) is 97.3 Å². The number of rotatable bonds is 5. The molecule has 0 unspecified atom stereocenters. The summed E-state index contributed by atoms with van der Waals surface area (Å²) >= 11 is 1.83. The summed E-state index contributed by atoms with van der Waals surface area (Å²) in [6.45, 7) is 0. The van der Waals surface area contributed by atoms with Crippen molar-refractivity contribution in [1.82, 2.24) is 0 Å². The molecule has 40 heavy (non-hydrogen) atoms. The third-order valence-electron chi connectivity index (χ3n) is 8.06. The van der Waals surface area contributed by atoms with Crippen molar-refractivity contribution < 1.29 is 0 Å². The minimum Gasteiger partial charge on any atom is -0.129 e. The van der Waals surface area contributed by atoms with Gasteiger partial charge in [-0.15, -0.1) is 11.8 Å². The summed E-state index contributed by atoms with van der Waals surface area (Å²) in [5.74, 6) is 0. The van der Waals surface area contributed by atoms with Gasteiger partial charge < -0.3 is 0 Å². The molecule has 1 aliphatic carbocycles. The van der Waals surface area contributed by atoms with E-state index in [1.54, 1.807) is 0 Å².